The van der Waals surface area contributed by atoms with Crippen LogP contribution in [-0.4, -0.2) is 13.9 Å². The van der Waals surface area contributed by atoms with Gasteiger partial charge in [0.15, 0.2) is 0 Å². The first kappa shape index (κ1) is 9.27. The highest BCUT2D eigenvalue weighted by atomic mass is 14.8. The summed E-state index contributed by atoms with van der Waals surface area (Å²) >= 11 is 0. The SMILES string of the molecule is [B]C1CC23CCCCC2(C1)CC(N)C3. The molecule has 3 aliphatic rings. The molecule has 3 aliphatic carbocycles. The summed E-state index contributed by atoms with van der Waals surface area (Å²) < 4.78 is 0. The first-order chi connectivity index (χ1) is 6.66. The van der Waals surface area contributed by atoms with Crippen LogP contribution in [0.5, 0.6) is 0 Å². The average Bonchev–Trinajstić information content (AvgIpc) is 2.49. The molecule has 14 heavy (non-hydrogen) atoms. The van der Waals surface area contributed by atoms with Crippen molar-refractivity contribution in [3.8, 4) is 0 Å². The summed E-state index contributed by atoms with van der Waals surface area (Å²) in [7, 11) is 6.18. The molecule has 0 saturated heterocycles. The Labute approximate surface area is 88.2 Å². The molecule has 76 valence electrons. The van der Waals surface area contributed by atoms with Gasteiger partial charge in [0.1, 0.15) is 0 Å². The van der Waals surface area contributed by atoms with Gasteiger partial charge in [0.25, 0.3) is 0 Å². The van der Waals surface area contributed by atoms with E-state index in [1.807, 2.05) is 0 Å². The molecule has 0 bridgehead atoms. The normalized spacial score (nSPS) is 56.9. The van der Waals surface area contributed by atoms with Crippen LogP contribution in [0.4, 0.5) is 0 Å². The minimum atomic E-state index is 0.473. The molecule has 0 spiro atoms. The molecule has 3 fully saturated rings. The predicted molar refractivity (Wildman–Crippen MR) is 59.3 cm³/mol. The lowest BCUT2D eigenvalue weighted by atomic mass is 9.60. The van der Waals surface area contributed by atoms with E-state index in [1.165, 1.54) is 51.4 Å². The highest BCUT2D eigenvalue weighted by Crippen LogP contribution is 2.70. The second-order valence-corrected chi connectivity index (χ2v) is 6.10. The predicted octanol–water partition coefficient (Wildman–Crippen LogP) is 2.41. The van der Waals surface area contributed by atoms with Crippen LogP contribution in [-0.2, 0) is 0 Å². The third-order valence-electron chi connectivity index (χ3n) is 5.30. The van der Waals surface area contributed by atoms with Gasteiger partial charge in [0.2, 0.25) is 0 Å². The van der Waals surface area contributed by atoms with E-state index in [9.17, 15) is 0 Å². The lowest BCUT2D eigenvalue weighted by molar-refractivity contribution is 0.0520. The van der Waals surface area contributed by atoms with Gasteiger partial charge in [0.05, 0.1) is 7.85 Å². The Morgan fingerprint density at radius 3 is 1.93 bits per heavy atom. The van der Waals surface area contributed by atoms with E-state index >= 15 is 0 Å². The number of rotatable bonds is 0. The molecule has 2 unspecified atom stereocenters. The van der Waals surface area contributed by atoms with Crippen molar-refractivity contribution in [1.29, 1.82) is 0 Å². The number of nitrogens with two attached hydrogens (primary N) is 1. The van der Waals surface area contributed by atoms with Crippen LogP contribution < -0.4 is 5.73 Å². The van der Waals surface area contributed by atoms with Crippen LogP contribution in [0.3, 0.4) is 0 Å². The maximum absolute atomic E-state index is 6.18. The zero-order valence-corrected chi connectivity index (χ0v) is 8.97. The monoisotopic (exact) mass is 189 g/mol. The van der Waals surface area contributed by atoms with E-state index in [2.05, 4.69) is 0 Å². The Balaban J connectivity index is 1.98. The average molecular weight is 189 g/mol. The van der Waals surface area contributed by atoms with Crippen LogP contribution in [0.2, 0.25) is 5.82 Å². The van der Waals surface area contributed by atoms with Gasteiger partial charge in [-0.2, -0.15) is 0 Å². The number of hydrogen-bond donors (Lipinski definition) is 1. The summed E-state index contributed by atoms with van der Waals surface area (Å²) in [6.07, 6.45) is 10.7. The fourth-order valence-electron chi connectivity index (χ4n) is 5.05. The maximum Gasteiger partial charge on any atom is 0.0700 e. The van der Waals surface area contributed by atoms with Crippen molar-refractivity contribution in [1.82, 2.24) is 0 Å². The summed E-state index contributed by atoms with van der Waals surface area (Å²) in [5, 5.41) is 0. The molecule has 2 atom stereocenters. The molecule has 0 amide bonds. The number of hydrogen-bond acceptors (Lipinski definition) is 1. The Morgan fingerprint density at radius 2 is 1.43 bits per heavy atom. The van der Waals surface area contributed by atoms with Crippen molar-refractivity contribution in [2.45, 2.75) is 63.2 Å². The topological polar surface area (TPSA) is 26.0 Å². The molecule has 2 N–H and O–H groups in total. The fourth-order valence-corrected chi connectivity index (χ4v) is 5.05. The van der Waals surface area contributed by atoms with Gasteiger partial charge in [0, 0.05) is 6.04 Å². The smallest absolute Gasteiger partial charge is 0.0700 e. The van der Waals surface area contributed by atoms with E-state index in [0.717, 1.165) is 0 Å². The zero-order chi connectivity index (χ0) is 9.81. The molecule has 1 nitrogen and oxygen atoms in total. The zero-order valence-electron chi connectivity index (χ0n) is 8.97. The molecule has 0 heterocycles. The maximum atomic E-state index is 6.18. The fraction of sp³-hybridized carbons (Fsp3) is 1.00. The van der Waals surface area contributed by atoms with E-state index in [1.54, 1.807) is 0 Å². The molecule has 2 radical (unpaired) electrons. The Morgan fingerprint density at radius 1 is 0.929 bits per heavy atom. The van der Waals surface area contributed by atoms with Crippen LogP contribution in [0, 0.1) is 10.8 Å². The molecule has 0 aromatic heterocycles. The van der Waals surface area contributed by atoms with Crippen LogP contribution in [0.25, 0.3) is 0 Å². The van der Waals surface area contributed by atoms with Gasteiger partial charge >= 0.3 is 0 Å². The Kier molecular flexibility index (Phi) is 1.84. The quantitative estimate of drug-likeness (QED) is 0.582. The minimum absolute atomic E-state index is 0.473. The second kappa shape index (κ2) is 2.78. The van der Waals surface area contributed by atoms with Gasteiger partial charge in [-0.05, 0) is 36.5 Å². The molecular weight excluding hydrogens is 169 g/mol. The van der Waals surface area contributed by atoms with Crippen molar-refractivity contribution >= 4 is 7.85 Å². The van der Waals surface area contributed by atoms with E-state index in [4.69, 9.17) is 13.6 Å². The minimum Gasteiger partial charge on any atom is -0.328 e. The van der Waals surface area contributed by atoms with Gasteiger partial charge in [-0.1, -0.05) is 31.5 Å². The Bertz CT molecular complexity index is 213. The summed E-state index contributed by atoms with van der Waals surface area (Å²) in [6, 6.07) is 0.473. The summed E-state index contributed by atoms with van der Waals surface area (Å²) in [5.74, 6) is 0.473. The molecule has 3 rings (SSSR count). The molecular formula is C12H20BN. The van der Waals surface area contributed by atoms with Crippen molar-refractivity contribution in [3.63, 3.8) is 0 Å². The van der Waals surface area contributed by atoms with Gasteiger partial charge in [-0.15, -0.1) is 0 Å². The lowest BCUT2D eigenvalue weighted by Gasteiger charge is -2.45. The summed E-state index contributed by atoms with van der Waals surface area (Å²) in [6.45, 7) is 0. The third-order valence-corrected chi connectivity index (χ3v) is 5.30. The molecule has 0 aromatic rings. The lowest BCUT2D eigenvalue weighted by Crippen LogP contribution is -2.35. The van der Waals surface area contributed by atoms with E-state index in [0.29, 0.717) is 22.7 Å². The van der Waals surface area contributed by atoms with Crippen molar-refractivity contribution in [3.05, 3.63) is 0 Å². The van der Waals surface area contributed by atoms with Crippen LogP contribution in [0.15, 0.2) is 0 Å². The van der Waals surface area contributed by atoms with Crippen molar-refractivity contribution in [2.24, 2.45) is 16.6 Å². The first-order valence-electron chi connectivity index (χ1n) is 6.17. The standard InChI is InChI=1S/C12H20BN/c13-9-5-11-3-1-2-4-12(11,6-9)8-10(14)7-11/h9-10H,1-8,14H2. The molecule has 2 heteroatoms. The second-order valence-electron chi connectivity index (χ2n) is 6.10. The van der Waals surface area contributed by atoms with Crippen LogP contribution in [0.1, 0.15) is 51.4 Å². The Hall–Kier alpha value is 0.0249. The van der Waals surface area contributed by atoms with Gasteiger partial charge in [-0.3, -0.25) is 0 Å². The first-order valence-corrected chi connectivity index (χ1v) is 6.17. The molecule has 3 saturated carbocycles. The van der Waals surface area contributed by atoms with E-state index < -0.39 is 0 Å². The summed E-state index contributed by atoms with van der Waals surface area (Å²) in [4.78, 5) is 0. The van der Waals surface area contributed by atoms with E-state index in [-0.39, 0.29) is 0 Å². The third kappa shape index (κ3) is 1.01. The molecule has 0 aromatic carbocycles. The highest BCUT2D eigenvalue weighted by Gasteiger charge is 2.61. The molecule has 0 aliphatic heterocycles. The van der Waals surface area contributed by atoms with Crippen LogP contribution >= 0.6 is 0 Å². The van der Waals surface area contributed by atoms with Gasteiger partial charge < -0.3 is 5.73 Å². The van der Waals surface area contributed by atoms with Crippen molar-refractivity contribution in [2.75, 3.05) is 0 Å². The summed E-state index contributed by atoms with van der Waals surface area (Å²) in [5.41, 5.74) is 7.33. The largest absolute Gasteiger partial charge is 0.328 e. The van der Waals surface area contributed by atoms with Gasteiger partial charge in [-0.25, -0.2) is 0 Å². The highest BCUT2D eigenvalue weighted by molar-refractivity contribution is 6.11. The van der Waals surface area contributed by atoms with Crippen molar-refractivity contribution < 1.29 is 0 Å².